The number of benzene rings is 1. The van der Waals surface area contributed by atoms with Gasteiger partial charge in [0.15, 0.2) is 0 Å². The Balaban J connectivity index is 2.00. The van der Waals surface area contributed by atoms with Gasteiger partial charge in [0, 0.05) is 6.42 Å². The third-order valence-corrected chi connectivity index (χ3v) is 4.42. The molecule has 0 aliphatic heterocycles. The molecule has 0 spiro atoms. The monoisotopic (exact) mass is 290 g/mol. The van der Waals surface area contributed by atoms with Crippen LogP contribution >= 0.6 is 0 Å². The van der Waals surface area contributed by atoms with Crippen molar-refractivity contribution in [1.82, 2.24) is 5.32 Å². The molecule has 2 unspecified atom stereocenters. The van der Waals surface area contributed by atoms with Gasteiger partial charge in [0.1, 0.15) is 17.4 Å². The number of nitrogens with two attached hydrogens (primary N) is 1. The highest BCUT2D eigenvalue weighted by atomic mass is 16.5. The molecule has 4 nitrogen and oxygen atoms in total. The second-order valence-electron chi connectivity index (χ2n) is 5.93. The van der Waals surface area contributed by atoms with Crippen molar-refractivity contribution in [3.05, 3.63) is 29.8 Å². The van der Waals surface area contributed by atoms with Crippen LogP contribution < -0.4 is 15.8 Å². The van der Waals surface area contributed by atoms with Crippen LogP contribution in [-0.2, 0) is 11.2 Å². The topological polar surface area (TPSA) is 64.3 Å². The first-order valence-corrected chi connectivity index (χ1v) is 7.84. The van der Waals surface area contributed by atoms with Gasteiger partial charge in [-0.05, 0) is 50.4 Å². The zero-order valence-corrected chi connectivity index (χ0v) is 13.0. The summed E-state index contributed by atoms with van der Waals surface area (Å²) in [6, 6.07) is 8.26. The number of amides is 1. The van der Waals surface area contributed by atoms with Crippen LogP contribution in [0.5, 0.6) is 5.75 Å². The van der Waals surface area contributed by atoms with Crippen molar-refractivity contribution in [2.75, 3.05) is 7.05 Å². The Morgan fingerprint density at radius 2 is 2.14 bits per heavy atom. The Bertz CT molecular complexity index is 472. The van der Waals surface area contributed by atoms with Crippen molar-refractivity contribution in [2.24, 2.45) is 5.73 Å². The summed E-state index contributed by atoms with van der Waals surface area (Å²) in [4.78, 5) is 11.7. The lowest BCUT2D eigenvalue weighted by atomic mass is 9.79. The van der Waals surface area contributed by atoms with Gasteiger partial charge in [-0.2, -0.15) is 0 Å². The van der Waals surface area contributed by atoms with Gasteiger partial charge < -0.3 is 15.8 Å². The van der Waals surface area contributed by atoms with Crippen LogP contribution in [0.3, 0.4) is 0 Å². The third-order valence-electron chi connectivity index (χ3n) is 4.42. The van der Waals surface area contributed by atoms with Gasteiger partial charge in [-0.1, -0.05) is 25.5 Å². The molecule has 1 amide bonds. The van der Waals surface area contributed by atoms with Crippen molar-refractivity contribution in [3.8, 4) is 5.75 Å². The summed E-state index contributed by atoms with van der Waals surface area (Å²) in [6.07, 6.45) is 5.61. The molecule has 1 saturated carbocycles. The number of carbonyl (C=O) groups is 1. The molecule has 1 aliphatic rings. The molecule has 0 radical (unpaired) electrons. The Morgan fingerprint density at radius 1 is 1.43 bits per heavy atom. The van der Waals surface area contributed by atoms with Crippen LogP contribution in [-0.4, -0.2) is 24.6 Å². The van der Waals surface area contributed by atoms with E-state index in [4.69, 9.17) is 10.5 Å². The number of hydrogen-bond acceptors (Lipinski definition) is 3. The summed E-state index contributed by atoms with van der Waals surface area (Å²) in [6.45, 7) is 2.17. The number of nitrogens with one attached hydrogen (secondary N) is 1. The summed E-state index contributed by atoms with van der Waals surface area (Å²) in [7, 11) is 1.80. The van der Waals surface area contributed by atoms with E-state index in [1.54, 1.807) is 7.05 Å². The normalized spacial score (nSPS) is 25.5. The highest BCUT2D eigenvalue weighted by Gasteiger charge is 2.40. The van der Waals surface area contributed by atoms with Crippen molar-refractivity contribution in [2.45, 2.75) is 57.1 Å². The van der Waals surface area contributed by atoms with E-state index >= 15 is 0 Å². The fraction of sp³-hybridized carbons (Fsp3) is 0.588. The molecule has 4 heteroatoms. The van der Waals surface area contributed by atoms with E-state index in [-0.39, 0.29) is 12.0 Å². The largest absolute Gasteiger partial charge is 0.490 e. The zero-order chi connectivity index (χ0) is 15.3. The van der Waals surface area contributed by atoms with E-state index in [0.29, 0.717) is 6.42 Å². The Labute approximate surface area is 127 Å². The summed E-state index contributed by atoms with van der Waals surface area (Å²) in [5.74, 6) is 0.591. The second kappa shape index (κ2) is 6.94. The molecule has 2 atom stereocenters. The van der Waals surface area contributed by atoms with E-state index in [0.717, 1.165) is 37.9 Å². The molecule has 0 heterocycles. The first-order chi connectivity index (χ1) is 10.1. The minimum absolute atomic E-state index is 0.0377. The third kappa shape index (κ3) is 3.76. The Kier molecular flexibility index (Phi) is 5.23. The van der Waals surface area contributed by atoms with E-state index in [9.17, 15) is 4.79 Å². The highest BCUT2D eigenvalue weighted by Crippen LogP contribution is 2.31. The summed E-state index contributed by atoms with van der Waals surface area (Å²) >= 11 is 0. The van der Waals surface area contributed by atoms with Gasteiger partial charge >= 0.3 is 0 Å². The van der Waals surface area contributed by atoms with Crippen LogP contribution in [0.1, 0.15) is 44.6 Å². The Hall–Kier alpha value is -1.55. The summed E-state index contributed by atoms with van der Waals surface area (Å²) in [5, 5.41) is 3.10. The molecule has 1 aromatic carbocycles. The van der Waals surface area contributed by atoms with Crippen LogP contribution in [0.25, 0.3) is 0 Å². The van der Waals surface area contributed by atoms with E-state index in [1.165, 1.54) is 5.56 Å². The molecule has 3 N–H and O–H groups in total. The number of rotatable bonds is 6. The van der Waals surface area contributed by atoms with Crippen molar-refractivity contribution < 1.29 is 9.53 Å². The Morgan fingerprint density at radius 3 is 2.71 bits per heavy atom. The lowest BCUT2D eigenvalue weighted by Gasteiger charge is -2.38. The van der Waals surface area contributed by atoms with Gasteiger partial charge in [0.25, 0.3) is 0 Å². The maximum atomic E-state index is 11.7. The molecule has 0 aromatic heterocycles. The maximum Gasteiger partial charge on any atom is 0.237 e. The first-order valence-electron chi connectivity index (χ1n) is 7.84. The van der Waals surface area contributed by atoms with E-state index in [2.05, 4.69) is 24.4 Å². The lowest BCUT2D eigenvalue weighted by Crippen LogP contribution is -2.58. The summed E-state index contributed by atoms with van der Waals surface area (Å²) in [5.41, 5.74) is 6.27. The fourth-order valence-electron chi connectivity index (χ4n) is 3.11. The number of ether oxygens (including phenoxy) is 1. The molecule has 1 fully saturated rings. The average molecular weight is 290 g/mol. The molecule has 116 valence electrons. The van der Waals surface area contributed by atoms with Crippen molar-refractivity contribution in [1.29, 1.82) is 0 Å². The molecular weight excluding hydrogens is 264 g/mol. The molecular formula is C17H26N2O2. The minimum Gasteiger partial charge on any atom is -0.490 e. The predicted octanol–water partition coefficient (Wildman–Crippen LogP) is 2.40. The van der Waals surface area contributed by atoms with E-state index < -0.39 is 5.54 Å². The smallest absolute Gasteiger partial charge is 0.237 e. The van der Waals surface area contributed by atoms with Gasteiger partial charge in [0.2, 0.25) is 5.91 Å². The lowest BCUT2D eigenvalue weighted by molar-refractivity contribution is -0.126. The zero-order valence-electron chi connectivity index (χ0n) is 13.0. The quantitative estimate of drug-likeness (QED) is 0.845. The maximum absolute atomic E-state index is 11.7. The predicted molar refractivity (Wildman–Crippen MR) is 84.3 cm³/mol. The standard InChI is InChI=1S/C17H26N2O2/c1-3-5-13-7-9-14(10-8-13)21-15-6-4-11-17(12-15,19-2)16(18)20/h7-10,15,19H,3-6,11-12H2,1-2H3,(H2,18,20). The molecule has 0 saturated heterocycles. The highest BCUT2D eigenvalue weighted by molar-refractivity contribution is 5.84. The van der Waals surface area contributed by atoms with Gasteiger partial charge in [-0.3, -0.25) is 4.79 Å². The molecule has 2 rings (SSSR count). The van der Waals surface area contributed by atoms with Crippen LogP contribution in [0.15, 0.2) is 24.3 Å². The molecule has 21 heavy (non-hydrogen) atoms. The number of hydrogen-bond donors (Lipinski definition) is 2. The molecule has 1 aliphatic carbocycles. The molecule has 1 aromatic rings. The number of likely N-dealkylation sites (N-methyl/N-ethyl adjacent to an activating group) is 1. The van der Waals surface area contributed by atoms with Crippen molar-refractivity contribution >= 4 is 5.91 Å². The van der Waals surface area contributed by atoms with E-state index in [1.807, 2.05) is 12.1 Å². The summed E-state index contributed by atoms with van der Waals surface area (Å²) < 4.78 is 6.05. The number of primary amides is 1. The fourth-order valence-corrected chi connectivity index (χ4v) is 3.11. The van der Waals surface area contributed by atoms with Crippen molar-refractivity contribution in [3.63, 3.8) is 0 Å². The molecule has 0 bridgehead atoms. The SMILES string of the molecule is CCCc1ccc(OC2CCCC(NC)(C(N)=O)C2)cc1. The van der Waals surface area contributed by atoms with Gasteiger partial charge in [-0.15, -0.1) is 0 Å². The van der Waals surface area contributed by atoms with Crippen LogP contribution in [0, 0.1) is 0 Å². The first kappa shape index (κ1) is 15.8. The van der Waals surface area contributed by atoms with Gasteiger partial charge in [-0.25, -0.2) is 0 Å². The van der Waals surface area contributed by atoms with Gasteiger partial charge in [0.05, 0.1) is 0 Å². The average Bonchev–Trinajstić information content (AvgIpc) is 2.49. The minimum atomic E-state index is -0.620. The van der Waals surface area contributed by atoms with Crippen LogP contribution in [0.4, 0.5) is 0 Å². The number of aryl methyl sites for hydroxylation is 1. The van der Waals surface area contributed by atoms with Crippen LogP contribution in [0.2, 0.25) is 0 Å². The second-order valence-corrected chi connectivity index (χ2v) is 5.93. The number of carbonyl (C=O) groups excluding carboxylic acids is 1.